The molecule has 132 valence electrons. The van der Waals surface area contributed by atoms with Gasteiger partial charge in [-0.25, -0.2) is 0 Å². The second kappa shape index (κ2) is 7.47. The lowest BCUT2D eigenvalue weighted by Crippen LogP contribution is -2.15. The molecule has 0 radical (unpaired) electrons. The number of nitrogens with zero attached hydrogens (tertiary/aromatic N) is 1. The first-order valence-corrected chi connectivity index (χ1v) is 8.31. The topological polar surface area (TPSA) is 60.3 Å². The zero-order valence-corrected chi connectivity index (χ0v) is 14.8. The molecule has 1 aliphatic heterocycles. The van der Waals surface area contributed by atoms with Gasteiger partial charge in [-0.3, -0.25) is 4.99 Å². The quantitative estimate of drug-likeness (QED) is 0.875. The maximum atomic E-state index is 10.7. The van der Waals surface area contributed by atoms with Crippen molar-refractivity contribution >= 4 is 5.71 Å². The zero-order chi connectivity index (χ0) is 17.8. The monoisotopic (exact) mass is 341 g/mol. The number of phenolic OH excluding ortho intramolecular Hbond substituents is 1. The van der Waals surface area contributed by atoms with Crippen LogP contribution in [0.4, 0.5) is 0 Å². The lowest BCUT2D eigenvalue weighted by Gasteiger charge is -2.21. The number of aliphatic imine (C=N–C) groups is 1. The van der Waals surface area contributed by atoms with E-state index in [-0.39, 0.29) is 5.75 Å². The van der Waals surface area contributed by atoms with Gasteiger partial charge in [-0.2, -0.15) is 0 Å². The molecule has 0 aromatic heterocycles. The number of aryl methyl sites for hydroxylation is 1. The maximum Gasteiger partial charge on any atom is 0.203 e. The first-order valence-electron chi connectivity index (χ1n) is 8.31. The Morgan fingerprint density at radius 1 is 1.00 bits per heavy atom. The normalized spacial score (nSPS) is 13.0. The number of methoxy groups -OCH3 is 3. The van der Waals surface area contributed by atoms with Crippen molar-refractivity contribution in [1.82, 2.24) is 0 Å². The smallest absolute Gasteiger partial charge is 0.203 e. The van der Waals surface area contributed by atoms with E-state index in [1.165, 1.54) is 12.7 Å². The Bertz CT molecular complexity index is 781. The minimum Gasteiger partial charge on any atom is -0.504 e. The van der Waals surface area contributed by atoms with Crippen LogP contribution in [0.3, 0.4) is 0 Å². The molecule has 0 bridgehead atoms. The van der Waals surface area contributed by atoms with E-state index in [1.54, 1.807) is 14.2 Å². The molecule has 5 nitrogen and oxygen atoms in total. The van der Waals surface area contributed by atoms with Crippen LogP contribution in [0, 0.1) is 0 Å². The predicted octanol–water partition coefficient (Wildman–Crippen LogP) is 3.40. The molecular formula is C20H23NO4. The standard InChI is InChI=1S/C20H23NO4/c1-23-15-7-4-13(5-8-15)6-9-16-18-14(10-11-21-16)12-17(24-2)20(25-3)19(18)22/h4-5,7-8,12,22H,6,9-11H2,1-3H3. The van der Waals surface area contributed by atoms with Crippen molar-refractivity contribution in [2.24, 2.45) is 4.99 Å². The van der Waals surface area contributed by atoms with Crippen molar-refractivity contribution in [3.05, 3.63) is 47.0 Å². The first kappa shape index (κ1) is 17.1. The number of fused-ring (bicyclic) bond motifs is 1. The molecule has 25 heavy (non-hydrogen) atoms. The van der Waals surface area contributed by atoms with E-state index in [0.29, 0.717) is 11.5 Å². The van der Waals surface area contributed by atoms with Gasteiger partial charge in [0.05, 0.1) is 21.3 Å². The van der Waals surface area contributed by atoms with E-state index in [1.807, 2.05) is 18.2 Å². The number of phenols is 1. The molecule has 0 atom stereocenters. The van der Waals surface area contributed by atoms with E-state index < -0.39 is 0 Å². The van der Waals surface area contributed by atoms with Crippen LogP contribution in [0.2, 0.25) is 0 Å². The summed E-state index contributed by atoms with van der Waals surface area (Å²) in [5, 5.41) is 10.7. The Morgan fingerprint density at radius 3 is 2.40 bits per heavy atom. The van der Waals surface area contributed by atoms with Gasteiger partial charge in [0, 0.05) is 17.8 Å². The van der Waals surface area contributed by atoms with Crippen LogP contribution in [0.1, 0.15) is 23.1 Å². The van der Waals surface area contributed by atoms with E-state index >= 15 is 0 Å². The minimum absolute atomic E-state index is 0.116. The van der Waals surface area contributed by atoms with Crippen molar-refractivity contribution in [3.63, 3.8) is 0 Å². The van der Waals surface area contributed by atoms with E-state index in [9.17, 15) is 5.11 Å². The molecule has 1 aliphatic rings. The van der Waals surface area contributed by atoms with Gasteiger partial charge in [0.25, 0.3) is 0 Å². The highest BCUT2D eigenvalue weighted by molar-refractivity contribution is 6.06. The summed E-state index contributed by atoms with van der Waals surface area (Å²) < 4.78 is 15.8. The maximum absolute atomic E-state index is 10.7. The molecule has 0 fully saturated rings. The summed E-state index contributed by atoms with van der Waals surface area (Å²) >= 11 is 0. The Morgan fingerprint density at radius 2 is 1.76 bits per heavy atom. The highest BCUT2D eigenvalue weighted by Crippen LogP contribution is 2.43. The van der Waals surface area contributed by atoms with Gasteiger partial charge in [-0.1, -0.05) is 12.1 Å². The molecule has 1 N–H and O–H groups in total. The molecule has 2 aromatic rings. The Labute approximate surface area is 147 Å². The van der Waals surface area contributed by atoms with Gasteiger partial charge in [0.1, 0.15) is 5.75 Å². The fourth-order valence-corrected chi connectivity index (χ4v) is 3.20. The first-order chi connectivity index (χ1) is 12.2. The average Bonchev–Trinajstić information content (AvgIpc) is 2.66. The second-order valence-corrected chi connectivity index (χ2v) is 5.92. The van der Waals surface area contributed by atoms with Crippen LogP contribution in [-0.4, -0.2) is 38.7 Å². The van der Waals surface area contributed by atoms with Gasteiger partial charge in [0.2, 0.25) is 5.75 Å². The molecule has 2 aromatic carbocycles. The second-order valence-electron chi connectivity index (χ2n) is 5.92. The largest absolute Gasteiger partial charge is 0.504 e. The summed E-state index contributed by atoms with van der Waals surface area (Å²) in [7, 11) is 4.76. The molecule has 1 heterocycles. The van der Waals surface area contributed by atoms with Crippen LogP contribution in [0.15, 0.2) is 35.3 Å². The van der Waals surface area contributed by atoms with Gasteiger partial charge in [-0.15, -0.1) is 0 Å². The fourth-order valence-electron chi connectivity index (χ4n) is 3.20. The molecule has 0 amide bonds. The van der Waals surface area contributed by atoms with Crippen molar-refractivity contribution in [1.29, 1.82) is 0 Å². The van der Waals surface area contributed by atoms with Crippen LogP contribution in [0.5, 0.6) is 23.0 Å². The van der Waals surface area contributed by atoms with Gasteiger partial charge in [0.15, 0.2) is 11.5 Å². The number of rotatable bonds is 6. The lowest BCUT2D eigenvalue weighted by atomic mass is 9.92. The molecule has 0 unspecified atom stereocenters. The Balaban J connectivity index is 1.85. The van der Waals surface area contributed by atoms with Crippen LogP contribution >= 0.6 is 0 Å². The summed E-state index contributed by atoms with van der Waals surface area (Å²) in [5.41, 5.74) is 3.96. The molecule has 5 heteroatoms. The summed E-state index contributed by atoms with van der Waals surface area (Å²) in [6, 6.07) is 9.96. The van der Waals surface area contributed by atoms with Gasteiger partial charge in [-0.05, 0) is 48.6 Å². The zero-order valence-electron chi connectivity index (χ0n) is 14.8. The number of hydrogen-bond donors (Lipinski definition) is 1. The number of ether oxygens (including phenoxy) is 3. The van der Waals surface area contributed by atoms with Crippen molar-refractivity contribution in [2.75, 3.05) is 27.9 Å². The average molecular weight is 341 g/mol. The molecule has 0 aliphatic carbocycles. The van der Waals surface area contributed by atoms with E-state index in [0.717, 1.165) is 48.4 Å². The molecule has 0 saturated carbocycles. The highest BCUT2D eigenvalue weighted by atomic mass is 16.5. The van der Waals surface area contributed by atoms with Gasteiger partial charge >= 0.3 is 0 Å². The molecular weight excluding hydrogens is 318 g/mol. The number of hydrogen-bond acceptors (Lipinski definition) is 5. The van der Waals surface area contributed by atoms with Crippen LogP contribution in [-0.2, 0) is 12.8 Å². The minimum atomic E-state index is 0.116. The van der Waals surface area contributed by atoms with Crippen molar-refractivity contribution in [3.8, 4) is 23.0 Å². The summed E-state index contributed by atoms with van der Waals surface area (Å²) in [6.07, 6.45) is 2.38. The third kappa shape index (κ3) is 3.40. The van der Waals surface area contributed by atoms with Crippen molar-refractivity contribution in [2.45, 2.75) is 19.3 Å². The third-order valence-electron chi connectivity index (χ3n) is 4.51. The molecule has 0 saturated heterocycles. The number of aromatic hydroxyl groups is 1. The molecule has 0 spiro atoms. The molecule has 3 rings (SSSR count). The van der Waals surface area contributed by atoms with E-state index in [4.69, 9.17) is 14.2 Å². The van der Waals surface area contributed by atoms with Gasteiger partial charge < -0.3 is 19.3 Å². The lowest BCUT2D eigenvalue weighted by molar-refractivity contribution is 0.332. The van der Waals surface area contributed by atoms with Crippen molar-refractivity contribution < 1.29 is 19.3 Å². The van der Waals surface area contributed by atoms with Crippen LogP contribution < -0.4 is 14.2 Å². The van der Waals surface area contributed by atoms with Crippen LogP contribution in [0.25, 0.3) is 0 Å². The Kier molecular flexibility index (Phi) is 5.12. The third-order valence-corrected chi connectivity index (χ3v) is 4.51. The van der Waals surface area contributed by atoms with E-state index in [2.05, 4.69) is 17.1 Å². The predicted molar refractivity (Wildman–Crippen MR) is 97.6 cm³/mol. The fraction of sp³-hybridized carbons (Fsp3) is 0.350. The number of benzene rings is 2. The summed E-state index contributed by atoms with van der Waals surface area (Å²) in [6.45, 7) is 0.722. The Hall–Kier alpha value is -2.69. The summed E-state index contributed by atoms with van der Waals surface area (Å²) in [5.74, 6) is 1.87. The highest BCUT2D eigenvalue weighted by Gasteiger charge is 2.24. The SMILES string of the molecule is COc1ccc(CCC2=NCCc3cc(OC)c(OC)c(O)c32)cc1. The summed E-state index contributed by atoms with van der Waals surface area (Å²) in [4.78, 5) is 4.65.